The van der Waals surface area contributed by atoms with E-state index in [0.29, 0.717) is 23.0 Å². The van der Waals surface area contributed by atoms with Crippen molar-refractivity contribution in [1.29, 1.82) is 0 Å². The molecule has 8 heteroatoms. The highest BCUT2D eigenvalue weighted by Crippen LogP contribution is 2.26. The van der Waals surface area contributed by atoms with Crippen molar-refractivity contribution in [3.05, 3.63) is 130 Å². The maximum absolute atomic E-state index is 13.5. The number of hydrogen-bond acceptors (Lipinski definition) is 3. The summed E-state index contributed by atoms with van der Waals surface area (Å²) in [6.45, 7) is 0.208. The molecule has 5 aromatic rings. The molecule has 0 aliphatic heterocycles. The van der Waals surface area contributed by atoms with Crippen molar-refractivity contribution in [1.82, 2.24) is 14.7 Å². The van der Waals surface area contributed by atoms with E-state index in [-0.39, 0.29) is 23.8 Å². The number of carbonyl (C=O) groups excluding carboxylic acids is 1. The van der Waals surface area contributed by atoms with Gasteiger partial charge in [-0.05, 0) is 70.8 Å². The quantitative estimate of drug-likeness (QED) is 0.279. The first kappa shape index (κ1) is 24.2. The van der Waals surface area contributed by atoms with Crippen molar-refractivity contribution in [2.24, 2.45) is 0 Å². The number of nitrogens with one attached hydrogen (secondary N) is 1. The third-order valence-corrected chi connectivity index (χ3v) is 6.25. The standard InChI is InChI=1S/C29H21ClFN3O3/c30-23-3-1-2-19(12-23)13-27-32-17-25-14-22(20-8-10-24(31)11-9-20)15-26(34(25)27)28(35)33-16-18-4-6-21(7-5-18)29(36)37/h1-12,14-15,17H,13,16H2,(H,33,35)(H,36,37). The Bertz CT molecular complexity index is 1610. The SMILES string of the molecule is O=C(O)c1ccc(CNC(=O)c2cc(-c3ccc(F)cc3)cc3cnc(Cc4cccc(Cl)c4)n23)cc1. The topological polar surface area (TPSA) is 83.7 Å². The lowest BCUT2D eigenvalue weighted by atomic mass is 10.0. The van der Waals surface area contributed by atoms with Crippen molar-refractivity contribution in [3.63, 3.8) is 0 Å². The first-order valence-corrected chi connectivity index (χ1v) is 11.9. The second kappa shape index (κ2) is 10.2. The van der Waals surface area contributed by atoms with E-state index in [1.165, 1.54) is 24.3 Å². The first-order chi connectivity index (χ1) is 17.9. The second-order valence-corrected chi connectivity index (χ2v) is 9.00. The molecule has 0 fully saturated rings. The summed E-state index contributed by atoms with van der Waals surface area (Å²) in [5, 5.41) is 12.6. The summed E-state index contributed by atoms with van der Waals surface area (Å²) in [6.07, 6.45) is 2.16. The fourth-order valence-corrected chi connectivity index (χ4v) is 4.38. The molecular weight excluding hydrogens is 493 g/mol. The molecule has 5 rings (SSSR count). The van der Waals surface area contributed by atoms with Crippen LogP contribution in [0.5, 0.6) is 0 Å². The molecular formula is C29H21ClFN3O3. The average molecular weight is 514 g/mol. The van der Waals surface area contributed by atoms with Crippen LogP contribution in [0.15, 0.2) is 91.1 Å². The normalized spacial score (nSPS) is 11.0. The zero-order valence-corrected chi connectivity index (χ0v) is 20.2. The van der Waals surface area contributed by atoms with Crippen molar-refractivity contribution < 1.29 is 19.1 Å². The number of imidazole rings is 1. The predicted molar refractivity (Wildman–Crippen MR) is 139 cm³/mol. The summed E-state index contributed by atoms with van der Waals surface area (Å²) < 4.78 is 15.3. The summed E-state index contributed by atoms with van der Waals surface area (Å²) in [6, 6.07) is 23.5. The average Bonchev–Trinajstić information content (AvgIpc) is 3.30. The van der Waals surface area contributed by atoms with Gasteiger partial charge in [-0.1, -0.05) is 48.0 Å². The molecule has 0 saturated heterocycles. The van der Waals surface area contributed by atoms with Crippen LogP contribution in [-0.2, 0) is 13.0 Å². The Hall–Kier alpha value is -4.49. The highest BCUT2D eigenvalue weighted by molar-refractivity contribution is 6.30. The highest BCUT2D eigenvalue weighted by atomic mass is 35.5. The van der Waals surface area contributed by atoms with Crippen molar-refractivity contribution in [2.45, 2.75) is 13.0 Å². The number of aromatic nitrogens is 2. The minimum atomic E-state index is -1.01. The van der Waals surface area contributed by atoms with E-state index in [1.807, 2.05) is 24.3 Å². The maximum Gasteiger partial charge on any atom is 0.335 e. The summed E-state index contributed by atoms with van der Waals surface area (Å²) in [5.41, 5.74) is 4.48. The number of nitrogens with zero attached hydrogens (tertiary/aromatic N) is 2. The number of carboxylic acids is 1. The highest BCUT2D eigenvalue weighted by Gasteiger charge is 2.17. The van der Waals surface area contributed by atoms with Crippen LogP contribution in [0.25, 0.3) is 16.6 Å². The van der Waals surface area contributed by atoms with Gasteiger partial charge in [0.15, 0.2) is 0 Å². The number of aromatic carboxylic acids is 1. The summed E-state index contributed by atoms with van der Waals surface area (Å²) in [5.74, 6) is -1.02. The predicted octanol–water partition coefficient (Wildman–Crippen LogP) is 6.01. The Morgan fingerprint density at radius 2 is 1.68 bits per heavy atom. The molecule has 184 valence electrons. The number of fused-ring (bicyclic) bond motifs is 1. The van der Waals surface area contributed by atoms with Gasteiger partial charge in [0.05, 0.1) is 17.3 Å². The molecule has 0 aliphatic rings. The van der Waals surface area contributed by atoms with Crippen molar-refractivity contribution >= 4 is 29.0 Å². The fourth-order valence-electron chi connectivity index (χ4n) is 4.17. The van der Waals surface area contributed by atoms with Gasteiger partial charge < -0.3 is 10.4 Å². The third kappa shape index (κ3) is 5.37. The Morgan fingerprint density at radius 1 is 0.919 bits per heavy atom. The van der Waals surface area contributed by atoms with Gasteiger partial charge in [0, 0.05) is 18.0 Å². The third-order valence-electron chi connectivity index (χ3n) is 6.01. The van der Waals surface area contributed by atoms with Crippen LogP contribution in [0.2, 0.25) is 5.02 Å². The van der Waals surface area contributed by atoms with E-state index in [1.54, 1.807) is 47.0 Å². The second-order valence-electron chi connectivity index (χ2n) is 8.56. The molecule has 0 atom stereocenters. The van der Waals surface area contributed by atoms with E-state index in [0.717, 1.165) is 27.8 Å². The summed E-state index contributed by atoms with van der Waals surface area (Å²) in [7, 11) is 0. The van der Waals surface area contributed by atoms with Gasteiger partial charge in [-0.15, -0.1) is 0 Å². The molecule has 2 heterocycles. The van der Waals surface area contributed by atoms with Crippen molar-refractivity contribution in [3.8, 4) is 11.1 Å². The van der Waals surface area contributed by atoms with Gasteiger partial charge in [0.25, 0.3) is 5.91 Å². The number of halogens is 2. The lowest BCUT2D eigenvalue weighted by Gasteiger charge is -2.13. The Morgan fingerprint density at radius 3 is 2.38 bits per heavy atom. The number of rotatable bonds is 7. The van der Waals surface area contributed by atoms with Crippen molar-refractivity contribution in [2.75, 3.05) is 0 Å². The van der Waals surface area contributed by atoms with E-state index in [4.69, 9.17) is 16.7 Å². The minimum Gasteiger partial charge on any atom is -0.478 e. The molecule has 6 nitrogen and oxygen atoms in total. The van der Waals surface area contributed by atoms with Crippen LogP contribution in [-0.4, -0.2) is 26.4 Å². The maximum atomic E-state index is 13.5. The summed E-state index contributed by atoms with van der Waals surface area (Å²) >= 11 is 6.16. The van der Waals surface area contributed by atoms with E-state index in [9.17, 15) is 14.0 Å². The Labute approximate surface area is 217 Å². The molecule has 1 amide bonds. The number of carbonyl (C=O) groups is 2. The molecule has 2 N–H and O–H groups in total. The molecule has 0 saturated carbocycles. The summed E-state index contributed by atoms with van der Waals surface area (Å²) in [4.78, 5) is 29.2. The molecule has 0 bridgehead atoms. The van der Waals surface area contributed by atoms with Gasteiger partial charge in [0.1, 0.15) is 17.3 Å². The lowest BCUT2D eigenvalue weighted by molar-refractivity contribution is 0.0696. The van der Waals surface area contributed by atoms with Crippen LogP contribution in [0.3, 0.4) is 0 Å². The number of hydrogen-bond donors (Lipinski definition) is 2. The first-order valence-electron chi connectivity index (χ1n) is 11.5. The molecule has 0 spiro atoms. The zero-order valence-electron chi connectivity index (χ0n) is 19.5. The number of carboxylic acid groups (broad SMARTS) is 1. The van der Waals surface area contributed by atoms with Gasteiger partial charge in [-0.2, -0.15) is 0 Å². The number of benzene rings is 3. The van der Waals surface area contributed by atoms with E-state index < -0.39 is 5.97 Å². The molecule has 0 aliphatic carbocycles. The van der Waals surface area contributed by atoms with Crippen LogP contribution < -0.4 is 5.32 Å². The molecule has 0 unspecified atom stereocenters. The van der Waals surface area contributed by atoms with E-state index >= 15 is 0 Å². The Kier molecular flexibility index (Phi) is 6.70. The molecule has 37 heavy (non-hydrogen) atoms. The van der Waals surface area contributed by atoms with Gasteiger partial charge in [-0.25, -0.2) is 14.2 Å². The number of pyridine rings is 1. The molecule has 2 aromatic heterocycles. The minimum absolute atomic E-state index is 0.174. The smallest absolute Gasteiger partial charge is 0.335 e. The van der Waals surface area contributed by atoms with Gasteiger partial charge in [0.2, 0.25) is 0 Å². The van der Waals surface area contributed by atoms with Crippen LogP contribution in [0.4, 0.5) is 4.39 Å². The van der Waals surface area contributed by atoms with Gasteiger partial charge >= 0.3 is 5.97 Å². The van der Waals surface area contributed by atoms with Gasteiger partial charge in [-0.3, -0.25) is 9.20 Å². The molecule has 3 aromatic carbocycles. The van der Waals surface area contributed by atoms with Crippen LogP contribution in [0.1, 0.15) is 37.8 Å². The monoisotopic (exact) mass is 513 g/mol. The van der Waals surface area contributed by atoms with Crippen LogP contribution >= 0.6 is 11.6 Å². The number of amides is 1. The van der Waals surface area contributed by atoms with Crippen LogP contribution in [0, 0.1) is 5.82 Å². The molecule has 0 radical (unpaired) electrons. The zero-order chi connectivity index (χ0) is 25.9. The van der Waals surface area contributed by atoms with E-state index in [2.05, 4.69) is 10.3 Å². The lowest BCUT2D eigenvalue weighted by Crippen LogP contribution is -2.25. The Balaban J connectivity index is 1.52. The largest absolute Gasteiger partial charge is 0.478 e. The fraction of sp³-hybridized carbons (Fsp3) is 0.0690.